The SMILES string of the molecule is CC(C)OCCCNSc1cccc(C(=O)N2CCC3(CC2)CN/C(=N\C(=O)c2nc(Cl)c(N)nc2N)N3)c1. The van der Waals surface area contributed by atoms with E-state index < -0.39 is 5.91 Å². The molecule has 7 N–H and O–H groups in total. The Morgan fingerprint density at radius 1 is 1.26 bits per heavy atom. The number of nitrogens with zero attached hydrogens (tertiary/aromatic N) is 4. The van der Waals surface area contributed by atoms with Crippen molar-refractivity contribution in [3.63, 3.8) is 0 Å². The van der Waals surface area contributed by atoms with Crippen LogP contribution >= 0.6 is 23.5 Å². The molecule has 0 saturated carbocycles. The maximum Gasteiger partial charge on any atom is 0.302 e. The van der Waals surface area contributed by atoms with E-state index in [2.05, 4.69) is 30.3 Å². The minimum Gasteiger partial charge on any atom is -0.382 e. The largest absolute Gasteiger partial charge is 0.382 e. The third kappa shape index (κ3) is 7.50. The molecule has 12 nitrogen and oxygen atoms in total. The van der Waals surface area contributed by atoms with Crippen LogP contribution in [-0.2, 0) is 4.74 Å². The maximum absolute atomic E-state index is 13.2. The fourth-order valence-electron chi connectivity index (χ4n) is 4.33. The monoisotopic (exact) mass is 575 g/mol. The molecule has 0 bridgehead atoms. The highest BCUT2D eigenvalue weighted by molar-refractivity contribution is 7.97. The van der Waals surface area contributed by atoms with Gasteiger partial charge in [-0.15, -0.1) is 0 Å². The van der Waals surface area contributed by atoms with Crippen LogP contribution in [0.1, 0.15) is 54.0 Å². The standard InChI is InChI=1S/C25H34ClN9O3S/c1-15(2)38-12-4-9-30-39-17-6-3-5-16(13-17)23(37)35-10-7-25(8-11-35)14-29-24(34-25)33-22(36)18-20(27)32-21(28)19(26)31-18/h3,5-6,13,15,30H,4,7-12,14H2,1-2H3,(H4,27,28,32)(H2,29,33,34,36). The third-order valence-electron chi connectivity index (χ3n) is 6.45. The first-order valence-electron chi connectivity index (χ1n) is 12.8. The number of nitrogens with two attached hydrogens (primary N) is 2. The van der Waals surface area contributed by atoms with Gasteiger partial charge < -0.3 is 31.7 Å². The molecule has 2 aliphatic heterocycles. The number of aliphatic imine (C=N–C) groups is 1. The van der Waals surface area contributed by atoms with Crippen LogP contribution in [0.2, 0.25) is 5.15 Å². The van der Waals surface area contributed by atoms with Crippen molar-refractivity contribution in [2.24, 2.45) is 4.99 Å². The topological polar surface area (TPSA) is 173 Å². The van der Waals surface area contributed by atoms with E-state index in [1.54, 1.807) is 0 Å². The van der Waals surface area contributed by atoms with Gasteiger partial charge in [-0.2, -0.15) is 4.99 Å². The average Bonchev–Trinajstić information content (AvgIpc) is 3.29. The highest BCUT2D eigenvalue weighted by Gasteiger charge is 2.41. The van der Waals surface area contributed by atoms with Crippen LogP contribution in [0.3, 0.4) is 0 Å². The highest BCUT2D eigenvalue weighted by Crippen LogP contribution is 2.26. The summed E-state index contributed by atoms with van der Waals surface area (Å²) in [4.78, 5) is 40.5. The number of guanidine groups is 1. The highest BCUT2D eigenvalue weighted by atomic mass is 35.5. The first-order valence-corrected chi connectivity index (χ1v) is 14.0. The van der Waals surface area contributed by atoms with Gasteiger partial charge in [-0.3, -0.25) is 14.3 Å². The van der Waals surface area contributed by atoms with Gasteiger partial charge in [0.15, 0.2) is 28.4 Å². The summed E-state index contributed by atoms with van der Waals surface area (Å²) in [5, 5.41) is 6.34. The van der Waals surface area contributed by atoms with E-state index in [9.17, 15) is 9.59 Å². The summed E-state index contributed by atoms with van der Waals surface area (Å²) >= 11 is 7.39. The summed E-state index contributed by atoms with van der Waals surface area (Å²) in [6.45, 7) is 7.31. The van der Waals surface area contributed by atoms with Crippen LogP contribution in [0.5, 0.6) is 0 Å². The van der Waals surface area contributed by atoms with Gasteiger partial charge >= 0.3 is 5.91 Å². The Bertz CT molecular complexity index is 1240. The van der Waals surface area contributed by atoms with E-state index in [0.29, 0.717) is 44.0 Å². The summed E-state index contributed by atoms with van der Waals surface area (Å²) in [5.41, 5.74) is 11.5. The quantitative estimate of drug-likeness (QED) is 0.219. The zero-order valence-corrected chi connectivity index (χ0v) is 23.6. The molecule has 0 radical (unpaired) electrons. The number of hydrogen-bond donors (Lipinski definition) is 5. The second kappa shape index (κ2) is 12.8. The van der Waals surface area contributed by atoms with Crippen molar-refractivity contribution >= 4 is 53.0 Å². The number of halogens is 1. The van der Waals surface area contributed by atoms with E-state index in [1.165, 1.54) is 11.9 Å². The average molecular weight is 576 g/mol. The Morgan fingerprint density at radius 3 is 2.77 bits per heavy atom. The Morgan fingerprint density at radius 2 is 2.03 bits per heavy atom. The number of piperidine rings is 1. The third-order valence-corrected chi connectivity index (χ3v) is 7.57. The van der Waals surface area contributed by atoms with Crippen molar-refractivity contribution in [3.8, 4) is 0 Å². The van der Waals surface area contributed by atoms with Crippen LogP contribution in [0.15, 0.2) is 34.2 Å². The Kier molecular flexibility index (Phi) is 9.49. The van der Waals surface area contributed by atoms with Crippen molar-refractivity contribution in [1.29, 1.82) is 0 Å². The molecular formula is C25H34ClN9O3S. The molecule has 1 spiro atoms. The molecule has 2 aliphatic rings. The molecule has 4 rings (SSSR count). The van der Waals surface area contributed by atoms with E-state index in [1.807, 2.05) is 43.0 Å². The van der Waals surface area contributed by atoms with E-state index in [-0.39, 0.29) is 40.0 Å². The molecule has 14 heteroatoms. The number of nitrogens with one attached hydrogen (secondary N) is 3. The molecule has 2 fully saturated rings. The summed E-state index contributed by atoms with van der Waals surface area (Å²) in [6, 6.07) is 7.64. The molecule has 0 aliphatic carbocycles. The van der Waals surface area contributed by atoms with Gasteiger partial charge in [-0.25, -0.2) is 9.97 Å². The fraction of sp³-hybridized carbons (Fsp3) is 0.480. The molecule has 0 unspecified atom stereocenters. The number of likely N-dealkylation sites (tertiary alicyclic amines) is 1. The molecule has 1 aromatic carbocycles. The number of aromatic nitrogens is 2. The minimum atomic E-state index is -0.683. The van der Waals surface area contributed by atoms with Gasteiger partial charge in [-0.1, -0.05) is 17.7 Å². The molecule has 2 amide bonds. The molecule has 1 aromatic heterocycles. The fourth-order valence-corrected chi connectivity index (χ4v) is 5.20. The van der Waals surface area contributed by atoms with Crippen LogP contribution in [-0.4, -0.2) is 77.1 Å². The van der Waals surface area contributed by atoms with Crippen LogP contribution in [0.25, 0.3) is 0 Å². The van der Waals surface area contributed by atoms with Crippen LogP contribution < -0.4 is 26.8 Å². The number of amides is 2. The molecular weight excluding hydrogens is 542 g/mol. The van der Waals surface area contributed by atoms with Gasteiger partial charge in [0.25, 0.3) is 5.91 Å². The number of hydrogen-bond acceptors (Lipinski definition) is 9. The Labute approximate surface area is 236 Å². The summed E-state index contributed by atoms with van der Waals surface area (Å²) < 4.78 is 8.88. The summed E-state index contributed by atoms with van der Waals surface area (Å²) in [7, 11) is 0. The lowest BCUT2D eigenvalue weighted by molar-refractivity contribution is 0.0668. The summed E-state index contributed by atoms with van der Waals surface area (Å²) in [6.07, 6.45) is 2.55. The molecule has 39 heavy (non-hydrogen) atoms. The number of ether oxygens (including phenoxy) is 1. The zero-order chi connectivity index (χ0) is 28.0. The number of carbonyl (C=O) groups excluding carboxylic acids is 2. The number of nitrogen functional groups attached to an aromatic ring is 2. The first kappa shape index (κ1) is 28.9. The molecule has 2 saturated heterocycles. The smallest absolute Gasteiger partial charge is 0.302 e. The zero-order valence-electron chi connectivity index (χ0n) is 22.0. The van der Waals surface area contributed by atoms with Crippen LogP contribution in [0.4, 0.5) is 11.6 Å². The van der Waals surface area contributed by atoms with Gasteiger partial charge in [0.1, 0.15) is 0 Å². The van der Waals surface area contributed by atoms with Crippen molar-refractivity contribution in [2.45, 2.75) is 49.6 Å². The van der Waals surface area contributed by atoms with Gasteiger partial charge in [0, 0.05) is 43.2 Å². The number of benzene rings is 1. The predicted octanol–water partition coefficient (Wildman–Crippen LogP) is 2.07. The van der Waals surface area contributed by atoms with Crippen LogP contribution in [0, 0.1) is 0 Å². The molecule has 210 valence electrons. The van der Waals surface area contributed by atoms with Crippen molar-refractivity contribution in [2.75, 3.05) is 44.3 Å². The van der Waals surface area contributed by atoms with Crippen molar-refractivity contribution in [1.82, 2.24) is 30.2 Å². The lowest BCUT2D eigenvalue weighted by Crippen LogP contribution is -2.53. The van der Waals surface area contributed by atoms with E-state index >= 15 is 0 Å². The van der Waals surface area contributed by atoms with E-state index in [0.717, 1.165) is 24.5 Å². The second-order valence-electron chi connectivity index (χ2n) is 9.75. The first-order chi connectivity index (χ1) is 18.7. The molecule has 0 atom stereocenters. The minimum absolute atomic E-state index is 0.00179. The van der Waals surface area contributed by atoms with Crippen molar-refractivity contribution < 1.29 is 14.3 Å². The van der Waals surface area contributed by atoms with Gasteiger partial charge in [0.05, 0.1) is 11.6 Å². The van der Waals surface area contributed by atoms with Gasteiger partial charge in [0.2, 0.25) is 0 Å². The lowest BCUT2D eigenvalue weighted by Gasteiger charge is -2.38. The second-order valence-corrected chi connectivity index (χ2v) is 11.1. The van der Waals surface area contributed by atoms with Gasteiger partial charge in [-0.05, 0) is 63.3 Å². The maximum atomic E-state index is 13.2. The number of carbonyl (C=O) groups is 2. The number of anilines is 2. The Balaban J connectivity index is 1.28. The molecule has 3 heterocycles. The summed E-state index contributed by atoms with van der Waals surface area (Å²) in [5.74, 6) is -0.553. The van der Waals surface area contributed by atoms with E-state index in [4.69, 9.17) is 27.8 Å². The predicted molar refractivity (Wildman–Crippen MR) is 153 cm³/mol. The normalized spacial score (nSPS) is 17.4. The Hall–Kier alpha value is -3.13. The lowest BCUT2D eigenvalue weighted by atomic mass is 9.88. The van der Waals surface area contributed by atoms with Crippen molar-refractivity contribution in [3.05, 3.63) is 40.7 Å². The number of rotatable bonds is 9. The molecule has 2 aromatic rings.